The summed E-state index contributed by atoms with van der Waals surface area (Å²) in [6.45, 7) is 4.77. The molecule has 0 spiro atoms. The molecule has 130 valence electrons. The first-order valence-electron chi connectivity index (χ1n) is 8.01. The molecule has 2 heterocycles. The van der Waals surface area contributed by atoms with Crippen molar-refractivity contribution >= 4 is 11.9 Å². The Morgan fingerprint density at radius 2 is 2.04 bits per heavy atom. The van der Waals surface area contributed by atoms with Crippen LogP contribution in [0.25, 0.3) is 0 Å². The lowest BCUT2D eigenvalue weighted by molar-refractivity contribution is -0.158. The Morgan fingerprint density at radius 1 is 1.35 bits per heavy atom. The molecule has 4 atom stereocenters. The maximum atomic E-state index is 12.0. The van der Waals surface area contributed by atoms with E-state index in [2.05, 4.69) is 4.90 Å². The highest BCUT2D eigenvalue weighted by molar-refractivity contribution is 5.87. The van der Waals surface area contributed by atoms with Crippen LogP contribution in [0.5, 0.6) is 0 Å². The molecule has 0 aliphatic carbocycles. The largest absolute Gasteiger partial charge is 0.463 e. The number of carbonyl (C=O) groups is 2. The molecule has 0 radical (unpaired) electrons. The molecule has 0 bridgehead atoms. The van der Waals surface area contributed by atoms with Crippen LogP contribution >= 0.6 is 0 Å². The third-order valence-corrected chi connectivity index (χ3v) is 4.67. The van der Waals surface area contributed by atoms with E-state index < -0.39 is 18.7 Å². The number of aliphatic hydroxyl groups excluding tert-OH is 2. The normalized spacial score (nSPS) is 29.2. The monoisotopic (exact) mass is 327 g/mol. The van der Waals surface area contributed by atoms with Crippen LogP contribution in [-0.2, 0) is 19.1 Å². The number of fused-ring (bicyclic) bond motifs is 1. The Hall–Kier alpha value is -1.44. The second-order valence-corrected chi connectivity index (χ2v) is 6.11. The number of ether oxygens (including phenoxy) is 2. The van der Waals surface area contributed by atoms with E-state index in [1.54, 1.807) is 19.9 Å². The number of aliphatic hydroxyl groups is 2. The molecule has 2 aliphatic heterocycles. The van der Waals surface area contributed by atoms with Gasteiger partial charge >= 0.3 is 11.9 Å². The van der Waals surface area contributed by atoms with Crippen molar-refractivity contribution in [2.45, 2.75) is 44.9 Å². The molecule has 2 aliphatic rings. The van der Waals surface area contributed by atoms with Crippen molar-refractivity contribution in [1.29, 1.82) is 0 Å². The molecule has 0 amide bonds. The molecule has 2 saturated heterocycles. The van der Waals surface area contributed by atoms with Crippen LogP contribution in [0.2, 0.25) is 0 Å². The van der Waals surface area contributed by atoms with E-state index >= 15 is 0 Å². The Kier molecular flexibility index (Phi) is 6.15. The second kappa shape index (κ2) is 7.90. The summed E-state index contributed by atoms with van der Waals surface area (Å²) in [5.41, 5.74) is 0.579. The fourth-order valence-electron chi connectivity index (χ4n) is 3.23. The van der Waals surface area contributed by atoms with Crippen LogP contribution in [-0.4, -0.2) is 71.6 Å². The van der Waals surface area contributed by atoms with Crippen molar-refractivity contribution in [2.24, 2.45) is 5.92 Å². The zero-order chi connectivity index (χ0) is 17.0. The lowest BCUT2D eigenvalue weighted by Gasteiger charge is -2.26. The molecule has 2 N–H and O–H groups in total. The molecule has 2 rings (SSSR count). The summed E-state index contributed by atoms with van der Waals surface area (Å²) < 4.78 is 10.7. The number of carbonyl (C=O) groups excluding carboxylic acids is 2. The first kappa shape index (κ1) is 17.9. The van der Waals surface area contributed by atoms with Gasteiger partial charge in [0.15, 0.2) is 6.10 Å². The van der Waals surface area contributed by atoms with E-state index in [0.717, 1.165) is 25.9 Å². The van der Waals surface area contributed by atoms with Crippen molar-refractivity contribution in [1.82, 2.24) is 4.90 Å². The topological polar surface area (TPSA) is 96.3 Å². The predicted octanol–water partition coefficient (Wildman–Crippen LogP) is -0.145. The van der Waals surface area contributed by atoms with Crippen LogP contribution in [0.4, 0.5) is 0 Å². The van der Waals surface area contributed by atoms with E-state index in [1.807, 2.05) is 0 Å². The van der Waals surface area contributed by atoms with Crippen molar-refractivity contribution in [3.8, 4) is 0 Å². The van der Waals surface area contributed by atoms with Crippen LogP contribution in [0.3, 0.4) is 0 Å². The van der Waals surface area contributed by atoms with Gasteiger partial charge in [0.1, 0.15) is 6.10 Å². The molecule has 7 nitrogen and oxygen atoms in total. The number of esters is 2. The van der Waals surface area contributed by atoms with Gasteiger partial charge < -0.3 is 19.7 Å². The third-order valence-electron chi connectivity index (χ3n) is 4.67. The second-order valence-electron chi connectivity index (χ2n) is 6.11. The molecule has 0 saturated carbocycles. The van der Waals surface area contributed by atoms with Gasteiger partial charge in [0.05, 0.1) is 19.3 Å². The molecule has 23 heavy (non-hydrogen) atoms. The number of allylic oxidation sites excluding steroid dienone is 1. The van der Waals surface area contributed by atoms with Crippen LogP contribution in [0.1, 0.15) is 26.7 Å². The zero-order valence-electron chi connectivity index (χ0n) is 13.6. The average Bonchev–Trinajstić information content (AvgIpc) is 3.14. The van der Waals surface area contributed by atoms with Gasteiger partial charge in [-0.15, -0.1) is 0 Å². The van der Waals surface area contributed by atoms with Gasteiger partial charge in [-0.05, 0) is 33.2 Å². The SMILES string of the molecule is C/C=C(/C)C(=O)O[C@@H]1CCN2CC[C@H](COC(=O)C(O)CO)C12. The maximum absolute atomic E-state index is 12.0. The van der Waals surface area contributed by atoms with E-state index in [9.17, 15) is 14.7 Å². The van der Waals surface area contributed by atoms with E-state index in [0.29, 0.717) is 5.57 Å². The van der Waals surface area contributed by atoms with Gasteiger partial charge in [0, 0.05) is 18.0 Å². The fourth-order valence-corrected chi connectivity index (χ4v) is 3.23. The molecular weight excluding hydrogens is 302 g/mol. The summed E-state index contributed by atoms with van der Waals surface area (Å²) in [5.74, 6) is -1.06. The molecule has 0 aromatic heterocycles. The smallest absolute Gasteiger partial charge is 0.337 e. The van der Waals surface area contributed by atoms with Crippen LogP contribution < -0.4 is 0 Å². The van der Waals surface area contributed by atoms with Gasteiger partial charge in [-0.2, -0.15) is 0 Å². The average molecular weight is 327 g/mol. The molecule has 0 aromatic rings. The number of rotatable bonds is 6. The first-order chi connectivity index (χ1) is 11.0. The summed E-state index contributed by atoms with van der Waals surface area (Å²) in [5, 5.41) is 18.0. The highest BCUT2D eigenvalue weighted by Crippen LogP contribution is 2.35. The Labute approximate surface area is 135 Å². The predicted molar refractivity (Wildman–Crippen MR) is 81.4 cm³/mol. The Balaban J connectivity index is 1.92. The number of nitrogens with zero attached hydrogens (tertiary/aromatic N) is 1. The highest BCUT2D eigenvalue weighted by atomic mass is 16.6. The summed E-state index contributed by atoms with van der Waals surface area (Å²) in [4.78, 5) is 25.7. The Morgan fingerprint density at radius 3 is 2.70 bits per heavy atom. The lowest BCUT2D eigenvalue weighted by Crippen LogP contribution is -2.39. The lowest BCUT2D eigenvalue weighted by atomic mass is 9.97. The van der Waals surface area contributed by atoms with Gasteiger partial charge in [-0.25, -0.2) is 9.59 Å². The van der Waals surface area contributed by atoms with Crippen molar-refractivity contribution in [3.05, 3.63) is 11.6 Å². The quantitative estimate of drug-likeness (QED) is 0.517. The minimum atomic E-state index is -1.50. The molecule has 2 fully saturated rings. The summed E-state index contributed by atoms with van der Waals surface area (Å²) in [6, 6.07) is 0.0441. The molecule has 2 unspecified atom stereocenters. The van der Waals surface area contributed by atoms with Crippen molar-refractivity contribution in [2.75, 3.05) is 26.3 Å². The van der Waals surface area contributed by atoms with Crippen LogP contribution in [0, 0.1) is 5.92 Å². The van der Waals surface area contributed by atoms with Crippen LogP contribution in [0.15, 0.2) is 11.6 Å². The Bertz CT molecular complexity index is 477. The van der Waals surface area contributed by atoms with Gasteiger partial charge in [-0.3, -0.25) is 4.90 Å². The first-order valence-corrected chi connectivity index (χ1v) is 8.01. The maximum Gasteiger partial charge on any atom is 0.337 e. The number of hydrogen-bond donors (Lipinski definition) is 2. The summed E-state index contributed by atoms with van der Waals surface area (Å²) >= 11 is 0. The zero-order valence-corrected chi connectivity index (χ0v) is 13.6. The fraction of sp³-hybridized carbons (Fsp3) is 0.750. The van der Waals surface area contributed by atoms with E-state index in [1.165, 1.54) is 0 Å². The summed E-state index contributed by atoms with van der Waals surface area (Å²) in [7, 11) is 0. The van der Waals surface area contributed by atoms with Gasteiger partial charge in [-0.1, -0.05) is 6.08 Å². The van der Waals surface area contributed by atoms with E-state index in [4.69, 9.17) is 14.6 Å². The number of hydrogen-bond acceptors (Lipinski definition) is 7. The standard InChI is InChI=1S/C16H25NO6/c1-3-10(2)15(20)23-13-5-7-17-6-4-11(14(13)17)9-22-16(21)12(19)8-18/h3,11-14,18-19H,4-9H2,1-2H3/b10-3-/t11-,12?,13-,14?/m1/s1. The van der Waals surface area contributed by atoms with Crippen molar-refractivity contribution < 1.29 is 29.3 Å². The highest BCUT2D eigenvalue weighted by Gasteiger charge is 2.46. The van der Waals surface area contributed by atoms with Gasteiger partial charge in [0.2, 0.25) is 0 Å². The summed E-state index contributed by atoms with van der Waals surface area (Å²) in [6.07, 6.45) is 1.65. The van der Waals surface area contributed by atoms with Gasteiger partial charge in [0.25, 0.3) is 0 Å². The third kappa shape index (κ3) is 4.10. The molecule has 7 heteroatoms. The molecule has 0 aromatic carbocycles. The minimum absolute atomic E-state index is 0.0441. The molecular formula is C16H25NO6. The van der Waals surface area contributed by atoms with E-state index in [-0.39, 0.29) is 30.6 Å². The minimum Gasteiger partial charge on any atom is -0.463 e. The van der Waals surface area contributed by atoms with Crippen molar-refractivity contribution in [3.63, 3.8) is 0 Å².